The molecule has 3 atom stereocenters. The molecule has 0 radical (unpaired) electrons. The number of aliphatic hydroxyl groups is 1. The van der Waals surface area contributed by atoms with Gasteiger partial charge in [0.25, 0.3) is 0 Å². The number of benzene rings is 1. The number of carbonyl (C=O) groups excluding carboxylic acids is 2. The van der Waals surface area contributed by atoms with E-state index in [1.807, 2.05) is 12.1 Å². The Bertz CT molecular complexity index is 621. The second kappa shape index (κ2) is 8.46. The van der Waals surface area contributed by atoms with Crippen LogP contribution in [0.15, 0.2) is 24.3 Å². The van der Waals surface area contributed by atoms with E-state index in [0.29, 0.717) is 19.3 Å². The molecule has 0 aliphatic heterocycles. The smallest absolute Gasteiger partial charge is 0.224 e. The van der Waals surface area contributed by atoms with E-state index in [9.17, 15) is 14.9 Å². The Morgan fingerprint density at radius 2 is 1.79 bits per heavy atom. The average Bonchev–Trinajstić information content (AvgIpc) is 2.61. The number of hydrogen-bond donors (Lipinski definition) is 3. The van der Waals surface area contributed by atoms with Crippen molar-refractivity contribution in [2.75, 3.05) is 0 Å². The van der Waals surface area contributed by atoms with Gasteiger partial charge in [-0.15, -0.1) is 0 Å². The summed E-state index contributed by atoms with van der Waals surface area (Å²) in [7, 11) is 0. The van der Waals surface area contributed by atoms with Crippen LogP contribution < -0.4 is 11.1 Å². The first-order valence-corrected chi connectivity index (χ1v) is 8.23. The van der Waals surface area contributed by atoms with Crippen molar-refractivity contribution in [3.8, 4) is 6.07 Å². The maximum absolute atomic E-state index is 12.5. The number of carbonyl (C=O) groups is 2. The summed E-state index contributed by atoms with van der Waals surface area (Å²) >= 11 is 0. The quantitative estimate of drug-likeness (QED) is 0.722. The van der Waals surface area contributed by atoms with Crippen molar-refractivity contribution >= 4 is 11.8 Å². The molecule has 0 aromatic heterocycles. The fourth-order valence-electron chi connectivity index (χ4n) is 3.21. The van der Waals surface area contributed by atoms with Gasteiger partial charge in [-0.25, -0.2) is 0 Å². The lowest BCUT2D eigenvalue weighted by molar-refractivity contribution is -0.135. The second-order valence-corrected chi connectivity index (χ2v) is 6.27. The lowest BCUT2D eigenvalue weighted by Crippen LogP contribution is -2.45. The molecule has 0 heterocycles. The summed E-state index contributed by atoms with van der Waals surface area (Å²) in [4.78, 5) is 24.0. The molecule has 2 amide bonds. The Kier molecular flexibility index (Phi) is 6.33. The first-order chi connectivity index (χ1) is 11.5. The van der Waals surface area contributed by atoms with Gasteiger partial charge in [0, 0.05) is 18.3 Å². The summed E-state index contributed by atoms with van der Waals surface area (Å²) in [5.74, 6) is -1.59. The zero-order valence-electron chi connectivity index (χ0n) is 13.6. The lowest BCUT2D eigenvalue weighted by atomic mass is 9.78. The molecular formula is C18H23N3O3. The van der Waals surface area contributed by atoms with Crippen LogP contribution in [-0.4, -0.2) is 23.0 Å². The van der Waals surface area contributed by atoms with Crippen molar-refractivity contribution in [1.29, 1.82) is 5.26 Å². The number of aliphatic hydroxyl groups excluding tert-OH is 1. The number of nitrogens with two attached hydrogens (primary N) is 1. The van der Waals surface area contributed by atoms with Crippen LogP contribution in [-0.2, 0) is 22.6 Å². The Balaban J connectivity index is 1.99. The molecule has 0 bridgehead atoms. The molecule has 0 saturated heterocycles. The minimum atomic E-state index is -0.659. The third-order valence-corrected chi connectivity index (χ3v) is 4.59. The summed E-state index contributed by atoms with van der Waals surface area (Å²) in [6, 6.07) is 8.67. The van der Waals surface area contributed by atoms with Gasteiger partial charge in [-0.3, -0.25) is 9.59 Å². The predicted octanol–water partition coefficient (Wildman–Crippen LogP) is 1.02. The number of rotatable bonds is 6. The minimum Gasteiger partial charge on any atom is -0.392 e. The first-order valence-electron chi connectivity index (χ1n) is 8.23. The van der Waals surface area contributed by atoms with E-state index in [1.165, 1.54) is 0 Å². The minimum absolute atomic E-state index is 0.0329. The molecule has 4 N–H and O–H groups in total. The Morgan fingerprint density at radius 1 is 1.21 bits per heavy atom. The number of hydrogen-bond acceptors (Lipinski definition) is 4. The van der Waals surface area contributed by atoms with E-state index in [-0.39, 0.29) is 12.5 Å². The van der Waals surface area contributed by atoms with Crippen LogP contribution in [0.1, 0.15) is 36.8 Å². The maximum atomic E-state index is 12.5. The highest BCUT2D eigenvalue weighted by molar-refractivity contribution is 5.87. The van der Waals surface area contributed by atoms with E-state index in [2.05, 4.69) is 11.4 Å². The van der Waals surface area contributed by atoms with Crippen molar-refractivity contribution in [1.82, 2.24) is 5.32 Å². The van der Waals surface area contributed by atoms with E-state index in [4.69, 9.17) is 10.8 Å². The van der Waals surface area contributed by atoms with Gasteiger partial charge in [-0.05, 0) is 24.0 Å². The van der Waals surface area contributed by atoms with Crippen LogP contribution >= 0.6 is 0 Å². The van der Waals surface area contributed by atoms with Crippen molar-refractivity contribution in [2.24, 2.45) is 17.6 Å². The average molecular weight is 329 g/mol. The second-order valence-electron chi connectivity index (χ2n) is 6.27. The van der Waals surface area contributed by atoms with Gasteiger partial charge in [0.1, 0.15) is 6.04 Å². The highest BCUT2D eigenvalue weighted by atomic mass is 16.3. The number of nitrogens with zero attached hydrogens (tertiary/aromatic N) is 1. The van der Waals surface area contributed by atoms with Crippen LogP contribution in [0.25, 0.3) is 0 Å². The lowest BCUT2D eigenvalue weighted by Gasteiger charge is -2.29. The van der Waals surface area contributed by atoms with Crippen LogP contribution in [0, 0.1) is 23.2 Å². The van der Waals surface area contributed by atoms with Gasteiger partial charge in [0.2, 0.25) is 11.8 Å². The normalized spacial score (nSPS) is 21.5. The Morgan fingerprint density at radius 3 is 2.33 bits per heavy atom. The van der Waals surface area contributed by atoms with E-state index in [0.717, 1.165) is 24.0 Å². The first kappa shape index (κ1) is 18.0. The zero-order valence-corrected chi connectivity index (χ0v) is 13.6. The van der Waals surface area contributed by atoms with Crippen LogP contribution in [0.2, 0.25) is 0 Å². The van der Waals surface area contributed by atoms with Crippen molar-refractivity contribution in [3.63, 3.8) is 0 Å². The van der Waals surface area contributed by atoms with E-state index < -0.39 is 23.8 Å². The summed E-state index contributed by atoms with van der Waals surface area (Å²) in [6.45, 7) is -0.0329. The van der Waals surface area contributed by atoms with Gasteiger partial charge in [0.15, 0.2) is 0 Å². The van der Waals surface area contributed by atoms with Crippen LogP contribution in [0.4, 0.5) is 0 Å². The molecule has 6 heteroatoms. The molecule has 6 nitrogen and oxygen atoms in total. The largest absolute Gasteiger partial charge is 0.392 e. The van der Waals surface area contributed by atoms with Gasteiger partial charge in [-0.2, -0.15) is 5.26 Å². The van der Waals surface area contributed by atoms with Gasteiger partial charge >= 0.3 is 0 Å². The fourth-order valence-corrected chi connectivity index (χ4v) is 3.21. The number of nitriles is 1. The monoisotopic (exact) mass is 329 g/mol. The molecule has 128 valence electrons. The third-order valence-electron chi connectivity index (χ3n) is 4.59. The van der Waals surface area contributed by atoms with E-state index in [1.54, 1.807) is 12.1 Å². The fraction of sp³-hybridized carbons (Fsp3) is 0.500. The highest BCUT2D eigenvalue weighted by Gasteiger charge is 2.35. The molecule has 2 rings (SSSR count). The zero-order chi connectivity index (χ0) is 17.5. The van der Waals surface area contributed by atoms with Gasteiger partial charge < -0.3 is 16.2 Å². The molecular weight excluding hydrogens is 306 g/mol. The molecule has 1 aliphatic rings. The topological polar surface area (TPSA) is 116 Å². The Labute approximate surface area is 141 Å². The van der Waals surface area contributed by atoms with Crippen molar-refractivity contribution < 1.29 is 14.7 Å². The SMILES string of the molecule is N#CC(Cc1ccc(CO)cc1)NC(=O)[C@@H]1CCCC[C@@H]1C(N)=O. The van der Waals surface area contributed by atoms with Crippen LogP contribution in [0.3, 0.4) is 0 Å². The number of primary amides is 1. The maximum Gasteiger partial charge on any atom is 0.224 e. The van der Waals surface area contributed by atoms with Crippen molar-refractivity contribution in [2.45, 2.75) is 44.8 Å². The molecule has 1 aromatic rings. The molecule has 1 unspecified atom stereocenters. The Hall–Kier alpha value is -2.39. The molecule has 1 aromatic carbocycles. The number of nitrogens with one attached hydrogen (secondary N) is 1. The standard InChI is InChI=1S/C18H23N3O3/c19-10-14(9-12-5-7-13(11-22)8-6-12)21-18(24)16-4-2-1-3-15(16)17(20)23/h5-8,14-16,22H,1-4,9,11H2,(H2,20,23)(H,21,24)/t14?,15-,16+/m0/s1. The molecule has 1 saturated carbocycles. The predicted molar refractivity (Wildman–Crippen MR) is 88.3 cm³/mol. The summed E-state index contributed by atoms with van der Waals surface area (Å²) < 4.78 is 0. The summed E-state index contributed by atoms with van der Waals surface area (Å²) in [6.07, 6.45) is 3.43. The molecule has 0 spiro atoms. The highest BCUT2D eigenvalue weighted by Crippen LogP contribution is 2.30. The van der Waals surface area contributed by atoms with E-state index >= 15 is 0 Å². The summed E-state index contributed by atoms with van der Waals surface area (Å²) in [5.41, 5.74) is 7.10. The number of amides is 2. The van der Waals surface area contributed by atoms with Crippen LogP contribution in [0.5, 0.6) is 0 Å². The molecule has 1 aliphatic carbocycles. The van der Waals surface area contributed by atoms with Gasteiger partial charge in [-0.1, -0.05) is 37.1 Å². The molecule has 24 heavy (non-hydrogen) atoms. The summed E-state index contributed by atoms with van der Waals surface area (Å²) in [5, 5.41) is 21.1. The van der Waals surface area contributed by atoms with Crippen molar-refractivity contribution in [3.05, 3.63) is 35.4 Å². The van der Waals surface area contributed by atoms with Gasteiger partial charge in [0.05, 0.1) is 12.7 Å². The molecule has 1 fully saturated rings. The third kappa shape index (κ3) is 4.56.